The zero-order valence-corrected chi connectivity index (χ0v) is 15.2. The number of fused-ring (bicyclic) bond motifs is 1. The lowest BCUT2D eigenvalue weighted by Crippen LogP contribution is -1.93. The fourth-order valence-corrected chi connectivity index (χ4v) is 3.79. The van der Waals surface area contributed by atoms with Crippen LogP contribution in [0, 0.1) is 6.92 Å². The highest BCUT2D eigenvalue weighted by atomic mass is 32.1. The molecule has 0 saturated carbocycles. The predicted octanol–water partition coefficient (Wildman–Crippen LogP) is 6.17. The first kappa shape index (κ1) is 16.4. The average Bonchev–Trinajstić information content (AvgIpc) is 3.10. The van der Waals surface area contributed by atoms with Gasteiger partial charge in [-0.25, -0.2) is 4.98 Å². The number of carbonyl (C=O) groups is 1. The largest absolute Gasteiger partial charge is 0.289 e. The second-order valence-corrected chi connectivity index (χ2v) is 7.21. The van der Waals surface area contributed by atoms with Crippen LogP contribution in [0.2, 0.25) is 0 Å². The molecule has 4 aromatic rings. The standard InChI is InChI=1S/C23H17NOS/c1-16-5-4-6-17(15-16)9-14-21(25)18-10-12-19(13-11-18)23-24-20-7-2-3-8-22(20)26-23/h2-15H,1H3. The van der Waals surface area contributed by atoms with Crippen LogP contribution < -0.4 is 0 Å². The summed E-state index contributed by atoms with van der Waals surface area (Å²) in [7, 11) is 0. The zero-order chi connectivity index (χ0) is 17.9. The molecule has 0 aliphatic rings. The number of rotatable bonds is 4. The van der Waals surface area contributed by atoms with Crippen molar-refractivity contribution < 1.29 is 4.79 Å². The molecule has 3 aromatic carbocycles. The molecule has 126 valence electrons. The number of carbonyl (C=O) groups excluding carboxylic acids is 1. The Morgan fingerprint density at radius 3 is 2.54 bits per heavy atom. The van der Waals surface area contributed by atoms with Crippen LogP contribution in [0.25, 0.3) is 26.9 Å². The van der Waals surface area contributed by atoms with Gasteiger partial charge in [0.1, 0.15) is 5.01 Å². The Hall–Kier alpha value is -3.04. The van der Waals surface area contributed by atoms with Gasteiger partial charge in [-0.1, -0.05) is 72.3 Å². The summed E-state index contributed by atoms with van der Waals surface area (Å²) in [5, 5.41) is 0.973. The van der Waals surface area contributed by atoms with Gasteiger partial charge in [0, 0.05) is 11.1 Å². The Bertz CT molecular complexity index is 1070. The molecule has 0 fully saturated rings. The van der Waals surface area contributed by atoms with E-state index < -0.39 is 0 Å². The first-order chi connectivity index (χ1) is 12.7. The van der Waals surface area contributed by atoms with E-state index in [-0.39, 0.29) is 5.78 Å². The lowest BCUT2D eigenvalue weighted by molar-refractivity contribution is 0.104. The first-order valence-corrected chi connectivity index (χ1v) is 9.26. The van der Waals surface area contributed by atoms with Gasteiger partial charge in [0.15, 0.2) is 5.78 Å². The minimum Gasteiger partial charge on any atom is -0.289 e. The maximum atomic E-state index is 12.4. The average molecular weight is 355 g/mol. The quantitative estimate of drug-likeness (QED) is 0.324. The van der Waals surface area contributed by atoms with Crippen molar-refractivity contribution in [2.45, 2.75) is 6.92 Å². The highest BCUT2D eigenvalue weighted by Gasteiger charge is 2.07. The van der Waals surface area contributed by atoms with Crippen molar-refractivity contribution >= 4 is 33.4 Å². The van der Waals surface area contributed by atoms with E-state index in [0.717, 1.165) is 21.7 Å². The Morgan fingerprint density at radius 2 is 1.77 bits per heavy atom. The Morgan fingerprint density at radius 1 is 0.962 bits per heavy atom. The third-order valence-corrected chi connectivity index (χ3v) is 5.27. The number of ketones is 1. The minimum absolute atomic E-state index is 0.00218. The van der Waals surface area contributed by atoms with Crippen LogP contribution in [0.1, 0.15) is 21.5 Å². The summed E-state index contributed by atoms with van der Waals surface area (Å²) in [6.45, 7) is 2.04. The SMILES string of the molecule is Cc1cccc(C=CC(=O)c2ccc(-c3nc4ccccc4s3)cc2)c1. The van der Waals surface area contributed by atoms with Crippen molar-refractivity contribution in [1.82, 2.24) is 4.98 Å². The van der Waals surface area contributed by atoms with Crippen molar-refractivity contribution in [3.8, 4) is 10.6 Å². The molecule has 4 rings (SSSR count). The van der Waals surface area contributed by atoms with Crippen LogP contribution in [0.15, 0.2) is 78.9 Å². The van der Waals surface area contributed by atoms with Crippen LogP contribution in [-0.2, 0) is 0 Å². The molecule has 0 aliphatic heterocycles. The highest BCUT2D eigenvalue weighted by molar-refractivity contribution is 7.21. The van der Waals surface area contributed by atoms with Crippen molar-refractivity contribution in [2.24, 2.45) is 0 Å². The van der Waals surface area contributed by atoms with E-state index >= 15 is 0 Å². The molecule has 2 nitrogen and oxygen atoms in total. The molecule has 0 N–H and O–H groups in total. The van der Waals surface area contributed by atoms with E-state index in [9.17, 15) is 4.79 Å². The van der Waals surface area contributed by atoms with Crippen LogP contribution in [-0.4, -0.2) is 10.8 Å². The number of hydrogen-bond donors (Lipinski definition) is 0. The van der Waals surface area contributed by atoms with Gasteiger partial charge < -0.3 is 0 Å². The number of aromatic nitrogens is 1. The van der Waals surface area contributed by atoms with Crippen LogP contribution in [0.4, 0.5) is 0 Å². The summed E-state index contributed by atoms with van der Waals surface area (Å²) in [4.78, 5) is 17.1. The van der Waals surface area contributed by atoms with E-state index in [1.165, 1.54) is 10.3 Å². The van der Waals surface area contributed by atoms with Crippen molar-refractivity contribution in [2.75, 3.05) is 0 Å². The molecule has 0 radical (unpaired) electrons. The van der Waals surface area contributed by atoms with Gasteiger partial charge in [0.2, 0.25) is 0 Å². The van der Waals surface area contributed by atoms with Crippen LogP contribution >= 0.6 is 11.3 Å². The lowest BCUT2D eigenvalue weighted by atomic mass is 10.1. The van der Waals surface area contributed by atoms with E-state index in [4.69, 9.17) is 0 Å². The number of hydrogen-bond acceptors (Lipinski definition) is 3. The molecule has 0 atom stereocenters. The van der Waals surface area contributed by atoms with E-state index in [0.29, 0.717) is 5.56 Å². The van der Waals surface area contributed by atoms with Gasteiger partial charge in [-0.2, -0.15) is 0 Å². The summed E-state index contributed by atoms with van der Waals surface area (Å²) < 4.78 is 1.17. The molecule has 0 spiro atoms. The van der Waals surface area contributed by atoms with Crippen molar-refractivity contribution in [3.05, 3.63) is 95.6 Å². The van der Waals surface area contributed by atoms with E-state index in [2.05, 4.69) is 17.1 Å². The third kappa shape index (κ3) is 3.48. The summed E-state index contributed by atoms with van der Waals surface area (Å²) in [5.41, 5.74) is 4.93. The molecule has 1 heterocycles. The van der Waals surface area contributed by atoms with Gasteiger partial charge >= 0.3 is 0 Å². The third-order valence-electron chi connectivity index (χ3n) is 4.18. The van der Waals surface area contributed by atoms with E-state index in [1.54, 1.807) is 17.4 Å². The second-order valence-electron chi connectivity index (χ2n) is 6.18. The fourth-order valence-electron chi connectivity index (χ4n) is 2.81. The van der Waals surface area contributed by atoms with Gasteiger partial charge in [0.05, 0.1) is 10.2 Å². The zero-order valence-electron chi connectivity index (χ0n) is 14.3. The summed E-state index contributed by atoms with van der Waals surface area (Å²) in [6.07, 6.45) is 3.48. The number of nitrogens with zero attached hydrogens (tertiary/aromatic N) is 1. The van der Waals surface area contributed by atoms with E-state index in [1.807, 2.05) is 73.7 Å². The number of allylic oxidation sites excluding steroid dienone is 1. The fraction of sp³-hybridized carbons (Fsp3) is 0.0435. The molecule has 0 bridgehead atoms. The highest BCUT2D eigenvalue weighted by Crippen LogP contribution is 2.30. The number of para-hydroxylation sites is 1. The maximum absolute atomic E-state index is 12.4. The molecule has 0 amide bonds. The molecular weight excluding hydrogens is 338 g/mol. The molecule has 3 heteroatoms. The van der Waals surface area contributed by atoms with Crippen molar-refractivity contribution in [3.63, 3.8) is 0 Å². The smallest absolute Gasteiger partial charge is 0.185 e. The molecule has 26 heavy (non-hydrogen) atoms. The van der Waals surface area contributed by atoms with Gasteiger partial charge in [-0.15, -0.1) is 11.3 Å². The summed E-state index contributed by atoms with van der Waals surface area (Å²) >= 11 is 1.66. The summed E-state index contributed by atoms with van der Waals surface area (Å²) in [6, 6.07) is 23.8. The topological polar surface area (TPSA) is 30.0 Å². The normalized spacial score (nSPS) is 11.3. The Balaban J connectivity index is 1.54. The Labute approximate surface area is 156 Å². The second kappa shape index (κ2) is 7.06. The van der Waals surface area contributed by atoms with Crippen LogP contribution in [0.5, 0.6) is 0 Å². The lowest BCUT2D eigenvalue weighted by Gasteiger charge is -1.99. The predicted molar refractivity (Wildman–Crippen MR) is 110 cm³/mol. The maximum Gasteiger partial charge on any atom is 0.185 e. The van der Waals surface area contributed by atoms with Gasteiger partial charge in [-0.3, -0.25) is 4.79 Å². The minimum atomic E-state index is 0.00218. The molecule has 0 aliphatic carbocycles. The van der Waals surface area contributed by atoms with Crippen LogP contribution in [0.3, 0.4) is 0 Å². The van der Waals surface area contributed by atoms with Crippen molar-refractivity contribution in [1.29, 1.82) is 0 Å². The van der Waals surface area contributed by atoms with Gasteiger partial charge in [0.25, 0.3) is 0 Å². The number of benzene rings is 3. The first-order valence-electron chi connectivity index (χ1n) is 8.44. The molecule has 0 saturated heterocycles. The monoisotopic (exact) mass is 355 g/mol. The van der Waals surface area contributed by atoms with Gasteiger partial charge in [-0.05, 0) is 30.7 Å². The number of aryl methyl sites for hydroxylation is 1. The molecular formula is C23H17NOS. The summed E-state index contributed by atoms with van der Waals surface area (Å²) in [5.74, 6) is 0.00218. The molecule has 1 aromatic heterocycles. The number of thiazole rings is 1. The Kier molecular flexibility index (Phi) is 4.46. The molecule has 0 unspecified atom stereocenters.